The van der Waals surface area contributed by atoms with Gasteiger partial charge in [0.25, 0.3) is 0 Å². The largest absolute Gasteiger partial charge is 0.416 e. The van der Waals surface area contributed by atoms with Crippen LogP contribution in [0.1, 0.15) is 28.7 Å². The quantitative estimate of drug-likeness (QED) is 0.525. The molecule has 3 rings (SSSR count). The Morgan fingerprint density at radius 2 is 1.57 bits per heavy atom. The molecule has 0 saturated heterocycles. The van der Waals surface area contributed by atoms with Crippen LogP contribution in [0.5, 0.6) is 0 Å². The third kappa shape index (κ3) is 5.02. The van der Waals surface area contributed by atoms with Crippen molar-refractivity contribution in [1.29, 1.82) is 0 Å². The molecule has 0 aliphatic carbocycles. The first-order valence-electron chi connectivity index (χ1n) is 9.07. The second-order valence-corrected chi connectivity index (χ2v) is 7.05. The van der Waals surface area contributed by atoms with Crippen LogP contribution in [0.15, 0.2) is 48.7 Å². The molecule has 0 saturated carbocycles. The number of fused-ring (bicyclic) bond motifs is 1. The number of H-pyrrole nitrogens is 1. The Bertz CT molecular complexity index is 1020. The molecule has 0 bridgehead atoms. The molecule has 0 spiro atoms. The summed E-state index contributed by atoms with van der Waals surface area (Å²) in [6.07, 6.45) is -8.45. The molecular formula is C21H18F6N2O. The Morgan fingerprint density at radius 1 is 0.967 bits per heavy atom. The fourth-order valence-corrected chi connectivity index (χ4v) is 3.27. The molecule has 0 fully saturated rings. The molecule has 0 aliphatic rings. The van der Waals surface area contributed by atoms with E-state index in [1.165, 1.54) is 0 Å². The maximum Gasteiger partial charge on any atom is 0.416 e. The summed E-state index contributed by atoms with van der Waals surface area (Å²) >= 11 is 0. The number of carbonyl (C=O) groups is 1. The zero-order valence-corrected chi connectivity index (χ0v) is 15.6. The van der Waals surface area contributed by atoms with E-state index in [0.717, 1.165) is 16.5 Å². The summed E-state index contributed by atoms with van der Waals surface area (Å²) in [5.74, 6) is -0.439. The van der Waals surface area contributed by atoms with E-state index in [-0.39, 0.29) is 30.9 Å². The van der Waals surface area contributed by atoms with E-state index in [4.69, 9.17) is 5.73 Å². The summed E-state index contributed by atoms with van der Waals surface area (Å²) in [7, 11) is 0. The maximum atomic E-state index is 12.9. The molecule has 3 nitrogen and oxygen atoms in total. The van der Waals surface area contributed by atoms with Gasteiger partial charge >= 0.3 is 12.4 Å². The number of halogens is 6. The number of hydrogen-bond donors (Lipinski definition) is 2. The smallest absolute Gasteiger partial charge is 0.361 e. The molecular weight excluding hydrogens is 410 g/mol. The van der Waals surface area contributed by atoms with Crippen LogP contribution in [0, 0.1) is 0 Å². The number of benzene rings is 2. The molecule has 0 radical (unpaired) electrons. The summed E-state index contributed by atoms with van der Waals surface area (Å²) in [5.41, 5.74) is 4.60. The molecule has 3 aromatic rings. The number of aromatic nitrogens is 1. The summed E-state index contributed by atoms with van der Waals surface area (Å²) in [4.78, 5) is 15.4. The van der Waals surface area contributed by atoms with Crippen molar-refractivity contribution in [2.24, 2.45) is 5.73 Å². The topological polar surface area (TPSA) is 58.9 Å². The van der Waals surface area contributed by atoms with Gasteiger partial charge in [-0.15, -0.1) is 0 Å². The third-order valence-corrected chi connectivity index (χ3v) is 4.84. The van der Waals surface area contributed by atoms with E-state index in [1.807, 2.05) is 24.3 Å². The van der Waals surface area contributed by atoms with Gasteiger partial charge in [0.1, 0.15) is 5.78 Å². The Hall–Kier alpha value is -2.81. The number of nitrogens with two attached hydrogens (primary N) is 1. The average Bonchev–Trinajstić information content (AvgIpc) is 3.07. The highest BCUT2D eigenvalue weighted by molar-refractivity contribution is 5.87. The van der Waals surface area contributed by atoms with Crippen molar-refractivity contribution in [1.82, 2.24) is 4.98 Å². The van der Waals surface area contributed by atoms with E-state index in [1.54, 1.807) is 6.20 Å². The van der Waals surface area contributed by atoms with Gasteiger partial charge in [0, 0.05) is 23.5 Å². The minimum Gasteiger partial charge on any atom is -0.361 e. The highest BCUT2D eigenvalue weighted by Crippen LogP contribution is 2.36. The number of aryl methyl sites for hydroxylation is 1. The maximum absolute atomic E-state index is 12.9. The first kappa shape index (κ1) is 21.9. The Morgan fingerprint density at radius 3 is 2.17 bits per heavy atom. The zero-order valence-electron chi connectivity index (χ0n) is 15.6. The van der Waals surface area contributed by atoms with Crippen LogP contribution in [0.4, 0.5) is 26.3 Å². The van der Waals surface area contributed by atoms with E-state index in [0.29, 0.717) is 12.1 Å². The monoisotopic (exact) mass is 428 g/mol. The van der Waals surface area contributed by atoms with E-state index in [9.17, 15) is 31.1 Å². The molecule has 1 atom stereocenters. The van der Waals surface area contributed by atoms with Crippen LogP contribution >= 0.6 is 0 Å². The molecule has 0 amide bonds. The Labute approximate surface area is 167 Å². The lowest BCUT2D eigenvalue weighted by atomic mass is 9.96. The molecule has 2 aromatic carbocycles. The SMILES string of the molecule is N[C@@H](Cc1c[nH]c2ccccc12)C(=O)CCc1cc(C(F)(F)F)cc(C(F)(F)F)c1. The highest BCUT2D eigenvalue weighted by atomic mass is 19.4. The van der Waals surface area contributed by atoms with Crippen LogP contribution in [0.2, 0.25) is 0 Å². The standard InChI is InChI=1S/C21H18F6N2O/c22-20(23,24)14-7-12(8-15(10-14)21(25,26)27)5-6-19(30)17(28)9-13-11-29-18-4-2-1-3-16(13)18/h1-4,7-8,10-11,17,29H,5-6,9,28H2/t17-/m0/s1. The number of nitrogens with one attached hydrogen (secondary N) is 1. The Balaban J connectivity index is 1.71. The third-order valence-electron chi connectivity index (χ3n) is 4.84. The average molecular weight is 428 g/mol. The second kappa shape index (κ2) is 8.14. The van der Waals surface area contributed by atoms with Crippen molar-refractivity contribution >= 4 is 16.7 Å². The summed E-state index contributed by atoms with van der Waals surface area (Å²) in [6.45, 7) is 0. The minimum absolute atomic E-state index is 0.0636. The zero-order chi connectivity index (χ0) is 22.1. The van der Waals surface area contributed by atoms with Crippen molar-refractivity contribution in [2.45, 2.75) is 37.7 Å². The number of rotatable bonds is 6. The number of Topliss-reactive ketones (excluding diaryl/α,β-unsaturated/α-hetero) is 1. The number of alkyl halides is 6. The number of aromatic amines is 1. The van der Waals surface area contributed by atoms with E-state index in [2.05, 4.69) is 4.98 Å². The van der Waals surface area contributed by atoms with Gasteiger partial charge in [0.05, 0.1) is 17.2 Å². The molecule has 3 N–H and O–H groups in total. The lowest BCUT2D eigenvalue weighted by Crippen LogP contribution is -2.32. The van der Waals surface area contributed by atoms with Crippen LogP contribution < -0.4 is 5.73 Å². The van der Waals surface area contributed by atoms with E-state index >= 15 is 0 Å². The fourth-order valence-electron chi connectivity index (χ4n) is 3.27. The lowest BCUT2D eigenvalue weighted by molar-refractivity contribution is -0.143. The molecule has 0 aliphatic heterocycles. The number of para-hydroxylation sites is 1. The summed E-state index contributed by atoms with van der Waals surface area (Å²) in [5, 5.41) is 0.897. The van der Waals surface area contributed by atoms with E-state index < -0.39 is 35.3 Å². The van der Waals surface area contributed by atoms with Crippen LogP contribution in [-0.4, -0.2) is 16.8 Å². The van der Waals surface area contributed by atoms with Gasteiger partial charge < -0.3 is 10.7 Å². The second-order valence-electron chi connectivity index (χ2n) is 7.05. The predicted octanol–water partition coefficient (Wildman–Crippen LogP) is 5.28. The molecule has 9 heteroatoms. The molecule has 1 heterocycles. The Kier molecular flexibility index (Phi) is 5.94. The van der Waals surface area contributed by atoms with Crippen LogP contribution in [0.25, 0.3) is 10.9 Å². The van der Waals surface area contributed by atoms with Gasteiger partial charge in [-0.25, -0.2) is 0 Å². The molecule has 1 aromatic heterocycles. The van der Waals surface area contributed by atoms with Gasteiger partial charge in [-0.2, -0.15) is 26.3 Å². The summed E-state index contributed by atoms with van der Waals surface area (Å²) in [6, 6.07) is 7.81. The fraction of sp³-hybridized carbons (Fsp3) is 0.286. The van der Waals surface area contributed by atoms with Gasteiger partial charge in [0.2, 0.25) is 0 Å². The lowest BCUT2D eigenvalue weighted by Gasteiger charge is -2.15. The number of hydrogen-bond acceptors (Lipinski definition) is 2. The van der Waals surface area contributed by atoms with Gasteiger partial charge in [-0.05, 0) is 48.2 Å². The van der Waals surface area contributed by atoms with Gasteiger partial charge in [-0.3, -0.25) is 4.79 Å². The number of carbonyl (C=O) groups excluding carboxylic acids is 1. The predicted molar refractivity (Wildman–Crippen MR) is 99.8 cm³/mol. The summed E-state index contributed by atoms with van der Waals surface area (Å²) < 4.78 is 77.7. The first-order valence-corrected chi connectivity index (χ1v) is 9.07. The van der Waals surface area contributed by atoms with Crippen molar-refractivity contribution in [2.75, 3.05) is 0 Å². The number of ketones is 1. The normalized spacial score (nSPS) is 13.6. The highest BCUT2D eigenvalue weighted by Gasteiger charge is 2.36. The molecule has 30 heavy (non-hydrogen) atoms. The minimum atomic E-state index is -4.92. The van der Waals surface area contributed by atoms with Crippen LogP contribution in [-0.2, 0) is 30.0 Å². The van der Waals surface area contributed by atoms with Gasteiger partial charge in [-0.1, -0.05) is 18.2 Å². The van der Waals surface area contributed by atoms with Crippen molar-refractivity contribution in [3.63, 3.8) is 0 Å². The first-order chi connectivity index (χ1) is 13.9. The molecule has 160 valence electrons. The van der Waals surface area contributed by atoms with Gasteiger partial charge in [0.15, 0.2) is 0 Å². The van der Waals surface area contributed by atoms with Crippen molar-refractivity contribution < 1.29 is 31.1 Å². The van der Waals surface area contributed by atoms with Crippen molar-refractivity contribution in [3.05, 3.63) is 70.9 Å². The van der Waals surface area contributed by atoms with Crippen molar-refractivity contribution in [3.8, 4) is 0 Å². The molecule has 0 unspecified atom stereocenters. The van der Waals surface area contributed by atoms with Crippen LogP contribution in [0.3, 0.4) is 0 Å².